The van der Waals surface area contributed by atoms with Gasteiger partial charge in [0.25, 0.3) is 0 Å². The molecule has 1 amide bonds. The van der Waals surface area contributed by atoms with Gasteiger partial charge in [-0.25, -0.2) is 9.78 Å². The van der Waals surface area contributed by atoms with E-state index in [0.717, 1.165) is 5.69 Å². The molecular formula is C21H22ClN7O2. The van der Waals surface area contributed by atoms with Crippen LogP contribution in [0, 0.1) is 11.3 Å². The van der Waals surface area contributed by atoms with Crippen LogP contribution in [-0.2, 0) is 4.74 Å². The van der Waals surface area contributed by atoms with Gasteiger partial charge < -0.3 is 14.5 Å². The van der Waals surface area contributed by atoms with Crippen LogP contribution in [-0.4, -0.2) is 62.3 Å². The van der Waals surface area contributed by atoms with Crippen LogP contribution in [0.1, 0.15) is 26.6 Å². The van der Waals surface area contributed by atoms with Crippen LogP contribution in [0.4, 0.5) is 10.6 Å². The third-order valence-corrected chi connectivity index (χ3v) is 5.07. The molecule has 31 heavy (non-hydrogen) atoms. The molecule has 0 unspecified atom stereocenters. The van der Waals surface area contributed by atoms with E-state index in [1.165, 1.54) is 0 Å². The molecule has 1 fully saturated rings. The van der Waals surface area contributed by atoms with Crippen LogP contribution in [0.3, 0.4) is 0 Å². The Morgan fingerprint density at radius 2 is 1.81 bits per heavy atom. The Balaban J connectivity index is 1.62. The van der Waals surface area contributed by atoms with E-state index >= 15 is 0 Å². The number of carbonyl (C=O) groups excluding carboxylic acids is 1. The Kier molecular flexibility index (Phi) is 5.41. The third kappa shape index (κ3) is 4.39. The summed E-state index contributed by atoms with van der Waals surface area (Å²) in [7, 11) is 0. The van der Waals surface area contributed by atoms with Crippen molar-refractivity contribution in [2.45, 2.75) is 26.4 Å². The predicted octanol–water partition coefficient (Wildman–Crippen LogP) is 3.40. The van der Waals surface area contributed by atoms with E-state index in [0.29, 0.717) is 48.2 Å². The smallest absolute Gasteiger partial charge is 0.410 e. The first kappa shape index (κ1) is 20.9. The largest absolute Gasteiger partial charge is 0.444 e. The van der Waals surface area contributed by atoms with E-state index in [4.69, 9.17) is 16.3 Å². The third-order valence-electron chi connectivity index (χ3n) is 4.81. The zero-order valence-electron chi connectivity index (χ0n) is 17.5. The highest BCUT2D eigenvalue weighted by Crippen LogP contribution is 2.26. The van der Waals surface area contributed by atoms with E-state index in [9.17, 15) is 10.1 Å². The van der Waals surface area contributed by atoms with Crippen molar-refractivity contribution in [3.63, 3.8) is 0 Å². The normalized spacial score (nSPS) is 14.5. The maximum Gasteiger partial charge on any atom is 0.410 e. The molecule has 0 radical (unpaired) electrons. The van der Waals surface area contributed by atoms with Gasteiger partial charge in [-0.1, -0.05) is 11.6 Å². The van der Waals surface area contributed by atoms with Crippen LogP contribution < -0.4 is 4.90 Å². The van der Waals surface area contributed by atoms with Gasteiger partial charge in [0.15, 0.2) is 17.0 Å². The number of nitrogens with zero attached hydrogens (tertiary/aromatic N) is 7. The number of hydrogen-bond donors (Lipinski definition) is 0. The van der Waals surface area contributed by atoms with Crippen LogP contribution in [0.5, 0.6) is 0 Å². The predicted molar refractivity (Wildman–Crippen MR) is 116 cm³/mol. The number of imidazole rings is 1. The molecule has 1 aromatic carbocycles. The molecule has 0 saturated carbocycles. The maximum absolute atomic E-state index is 12.3. The molecule has 2 aromatic heterocycles. The quantitative estimate of drug-likeness (QED) is 0.603. The Morgan fingerprint density at radius 3 is 2.42 bits per heavy atom. The fourth-order valence-electron chi connectivity index (χ4n) is 3.37. The minimum atomic E-state index is -0.538. The number of carbonyl (C=O) groups is 1. The minimum Gasteiger partial charge on any atom is -0.444 e. The number of piperazine rings is 1. The molecule has 0 aliphatic carbocycles. The summed E-state index contributed by atoms with van der Waals surface area (Å²) in [6.07, 6.45) is 1.33. The highest BCUT2D eigenvalue weighted by atomic mass is 35.5. The lowest BCUT2D eigenvalue weighted by molar-refractivity contribution is 0.0240. The fourth-order valence-corrected chi connectivity index (χ4v) is 3.50. The first-order chi connectivity index (χ1) is 14.7. The van der Waals surface area contributed by atoms with Gasteiger partial charge in [-0.2, -0.15) is 15.2 Å². The van der Waals surface area contributed by atoms with Gasteiger partial charge in [0.2, 0.25) is 5.82 Å². The number of rotatable bonds is 2. The van der Waals surface area contributed by atoms with Gasteiger partial charge in [-0.05, 0) is 45.0 Å². The molecule has 9 nitrogen and oxygen atoms in total. The van der Waals surface area contributed by atoms with E-state index in [1.807, 2.05) is 43.9 Å². The Labute approximate surface area is 184 Å². The number of benzene rings is 1. The van der Waals surface area contributed by atoms with E-state index < -0.39 is 5.60 Å². The Morgan fingerprint density at radius 1 is 1.13 bits per heavy atom. The summed E-state index contributed by atoms with van der Waals surface area (Å²) in [5, 5.41) is 10.1. The van der Waals surface area contributed by atoms with Gasteiger partial charge in [0.05, 0.1) is 0 Å². The summed E-state index contributed by atoms with van der Waals surface area (Å²) in [5.74, 6) is 0.644. The Bertz CT molecular complexity index is 1150. The molecule has 1 aliphatic heterocycles. The molecule has 0 spiro atoms. The van der Waals surface area contributed by atoms with Crippen molar-refractivity contribution in [2.24, 2.45) is 0 Å². The lowest BCUT2D eigenvalue weighted by Crippen LogP contribution is -2.50. The molecule has 0 N–H and O–H groups in total. The van der Waals surface area contributed by atoms with Crippen LogP contribution in [0.15, 0.2) is 30.6 Å². The summed E-state index contributed by atoms with van der Waals surface area (Å²) in [5.41, 5.74) is 1.43. The van der Waals surface area contributed by atoms with Gasteiger partial charge in [0, 0.05) is 36.9 Å². The summed E-state index contributed by atoms with van der Waals surface area (Å²) in [4.78, 5) is 29.4. The van der Waals surface area contributed by atoms with Crippen molar-refractivity contribution in [3.05, 3.63) is 41.4 Å². The monoisotopic (exact) mass is 439 g/mol. The van der Waals surface area contributed by atoms with Crippen molar-refractivity contribution in [2.75, 3.05) is 31.1 Å². The average molecular weight is 440 g/mol. The lowest BCUT2D eigenvalue weighted by Gasteiger charge is -2.36. The summed E-state index contributed by atoms with van der Waals surface area (Å²) >= 11 is 6.00. The minimum absolute atomic E-state index is 0.0628. The maximum atomic E-state index is 12.3. The number of anilines is 1. The molecule has 4 rings (SSSR count). The first-order valence-corrected chi connectivity index (χ1v) is 10.3. The summed E-state index contributed by atoms with van der Waals surface area (Å²) < 4.78 is 7.26. The topological polar surface area (TPSA) is 100 Å². The number of nitriles is 1. The van der Waals surface area contributed by atoms with Crippen LogP contribution in [0.25, 0.3) is 16.9 Å². The van der Waals surface area contributed by atoms with Gasteiger partial charge in [-0.15, -0.1) is 0 Å². The number of fused-ring (bicyclic) bond motifs is 1. The molecular weight excluding hydrogens is 418 g/mol. The highest BCUT2D eigenvalue weighted by molar-refractivity contribution is 6.30. The van der Waals surface area contributed by atoms with E-state index in [2.05, 4.69) is 15.0 Å². The van der Waals surface area contributed by atoms with E-state index in [1.54, 1.807) is 27.9 Å². The number of ether oxygens (including phenoxy) is 1. The molecule has 3 heterocycles. The zero-order chi connectivity index (χ0) is 22.2. The number of halogens is 1. The first-order valence-electron chi connectivity index (χ1n) is 9.89. The van der Waals surface area contributed by atoms with Crippen molar-refractivity contribution in [1.82, 2.24) is 24.4 Å². The summed E-state index contributed by atoms with van der Waals surface area (Å²) in [6, 6.07) is 9.32. The second-order valence-corrected chi connectivity index (χ2v) is 8.64. The molecule has 0 atom stereocenters. The molecule has 1 aliphatic rings. The lowest BCUT2D eigenvalue weighted by atomic mass is 10.2. The van der Waals surface area contributed by atoms with E-state index in [-0.39, 0.29) is 11.9 Å². The average Bonchev–Trinajstić information content (AvgIpc) is 3.16. The summed E-state index contributed by atoms with van der Waals surface area (Å²) in [6.45, 7) is 7.60. The molecule has 0 bridgehead atoms. The van der Waals surface area contributed by atoms with Crippen molar-refractivity contribution >= 4 is 34.7 Å². The van der Waals surface area contributed by atoms with Crippen molar-refractivity contribution < 1.29 is 9.53 Å². The Hall–Kier alpha value is -3.38. The van der Waals surface area contributed by atoms with Crippen LogP contribution >= 0.6 is 11.6 Å². The van der Waals surface area contributed by atoms with Crippen LogP contribution in [0.2, 0.25) is 5.02 Å². The number of hydrogen-bond acceptors (Lipinski definition) is 7. The SMILES string of the molecule is CC(C)(C)OC(=O)N1CCN(c2nc(C#N)nc3c2ncn3-c2ccc(Cl)cc2)CC1. The zero-order valence-corrected chi connectivity index (χ0v) is 18.3. The van der Waals surface area contributed by atoms with Crippen molar-refractivity contribution in [1.29, 1.82) is 5.26 Å². The fraction of sp³-hybridized carbons (Fsp3) is 0.381. The molecule has 160 valence electrons. The highest BCUT2D eigenvalue weighted by Gasteiger charge is 2.28. The number of amides is 1. The second kappa shape index (κ2) is 8.04. The van der Waals surface area contributed by atoms with Gasteiger partial charge >= 0.3 is 6.09 Å². The molecule has 1 saturated heterocycles. The molecule has 10 heteroatoms. The van der Waals surface area contributed by atoms with Gasteiger partial charge in [0.1, 0.15) is 18.0 Å². The standard InChI is InChI=1S/C21H22ClN7O2/c1-21(2,3)31-20(30)28-10-8-27(9-11-28)18-17-19(26-16(12-23)25-18)29(13-24-17)15-6-4-14(22)5-7-15/h4-7,13H,8-11H2,1-3H3. The van der Waals surface area contributed by atoms with Crippen molar-refractivity contribution in [3.8, 4) is 11.8 Å². The second-order valence-electron chi connectivity index (χ2n) is 8.20. The van der Waals surface area contributed by atoms with Gasteiger partial charge in [-0.3, -0.25) is 4.57 Å². The number of aromatic nitrogens is 4. The molecule has 3 aromatic rings.